The van der Waals surface area contributed by atoms with Gasteiger partial charge in [-0.15, -0.1) is 0 Å². The van der Waals surface area contributed by atoms with Crippen molar-refractivity contribution in [3.63, 3.8) is 0 Å². The average molecular weight is 374 g/mol. The summed E-state index contributed by atoms with van der Waals surface area (Å²) in [5, 5.41) is 3.44. The number of hydrogen-bond acceptors (Lipinski definition) is 4. The average Bonchev–Trinajstić information content (AvgIpc) is 3.04. The number of aromatic nitrogens is 1. The van der Waals surface area contributed by atoms with E-state index in [1.165, 1.54) is 22.3 Å². The van der Waals surface area contributed by atoms with Gasteiger partial charge in [0.2, 0.25) is 0 Å². The van der Waals surface area contributed by atoms with E-state index in [0.717, 1.165) is 17.4 Å². The van der Waals surface area contributed by atoms with Gasteiger partial charge in [0.15, 0.2) is 0 Å². The van der Waals surface area contributed by atoms with Crippen LogP contribution in [0.15, 0.2) is 46.1 Å². The number of nitrogens with zero attached hydrogens (tertiary/aromatic N) is 2. The fourth-order valence-electron chi connectivity index (χ4n) is 2.68. The van der Waals surface area contributed by atoms with Crippen LogP contribution in [0.25, 0.3) is 0 Å². The van der Waals surface area contributed by atoms with Gasteiger partial charge in [0.25, 0.3) is 6.02 Å². The van der Waals surface area contributed by atoms with Gasteiger partial charge in [-0.05, 0) is 52.9 Å². The number of aliphatic imine (C=N–C) groups is 1. The van der Waals surface area contributed by atoms with Crippen molar-refractivity contribution < 1.29 is 4.74 Å². The molecule has 1 aromatic heterocycles. The quantitative estimate of drug-likeness (QED) is 0.887. The molecule has 0 bridgehead atoms. The number of hydrogen-bond donors (Lipinski definition) is 1. The highest BCUT2D eigenvalue weighted by Crippen LogP contribution is 2.25. The van der Waals surface area contributed by atoms with E-state index in [1.54, 1.807) is 0 Å². The van der Waals surface area contributed by atoms with Crippen molar-refractivity contribution in [3.8, 4) is 0 Å². The van der Waals surface area contributed by atoms with Crippen LogP contribution in [0.1, 0.15) is 28.3 Å². The van der Waals surface area contributed by atoms with Crippen LogP contribution in [0, 0.1) is 13.8 Å². The summed E-state index contributed by atoms with van der Waals surface area (Å²) in [7, 11) is 0. The molecule has 1 N–H and O–H groups in total. The number of ether oxygens (including phenoxy) is 1. The van der Waals surface area contributed by atoms with Gasteiger partial charge in [0, 0.05) is 16.9 Å². The number of pyridine rings is 1. The molecule has 4 nitrogen and oxygen atoms in total. The third kappa shape index (κ3) is 3.91. The van der Waals surface area contributed by atoms with E-state index in [1.807, 2.05) is 12.4 Å². The molecule has 3 rings (SSSR count). The first-order valence-electron chi connectivity index (χ1n) is 7.73. The molecule has 1 unspecified atom stereocenters. The molecule has 2 heterocycles. The minimum atomic E-state index is 0.0987. The Labute approximate surface area is 145 Å². The zero-order chi connectivity index (χ0) is 16.2. The molecule has 0 saturated heterocycles. The normalized spacial score (nSPS) is 15.0. The zero-order valence-electron chi connectivity index (χ0n) is 13.3. The van der Waals surface area contributed by atoms with Crippen LogP contribution >= 0.6 is 15.9 Å². The second kappa shape index (κ2) is 7.13. The maximum absolute atomic E-state index is 5.54. The van der Waals surface area contributed by atoms with Gasteiger partial charge in [-0.1, -0.05) is 29.8 Å². The van der Waals surface area contributed by atoms with Crippen molar-refractivity contribution in [1.29, 1.82) is 0 Å². The third-order valence-electron chi connectivity index (χ3n) is 4.01. The number of amidine groups is 1. The van der Waals surface area contributed by atoms with Crippen LogP contribution in [0.2, 0.25) is 0 Å². The summed E-state index contributed by atoms with van der Waals surface area (Å²) in [5.74, 6) is 0. The van der Waals surface area contributed by atoms with E-state index in [9.17, 15) is 0 Å². The maximum Gasteiger partial charge on any atom is 0.285 e. The van der Waals surface area contributed by atoms with Crippen molar-refractivity contribution in [3.05, 3.63) is 63.4 Å². The SMILES string of the molecule is Cc1cccc(C(Cc2cncc(Br)c2C)NC2=NCCO2)c1. The van der Waals surface area contributed by atoms with Gasteiger partial charge < -0.3 is 10.1 Å². The second-order valence-corrected chi connectivity index (χ2v) is 6.61. The van der Waals surface area contributed by atoms with Crippen molar-refractivity contribution in [2.75, 3.05) is 13.2 Å². The molecule has 0 spiro atoms. The number of aryl methyl sites for hydroxylation is 1. The topological polar surface area (TPSA) is 46.5 Å². The molecule has 1 aliphatic rings. The van der Waals surface area contributed by atoms with E-state index in [0.29, 0.717) is 12.6 Å². The van der Waals surface area contributed by atoms with E-state index in [2.05, 4.69) is 69.3 Å². The zero-order valence-corrected chi connectivity index (χ0v) is 14.9. The number of benzene rings is 1. The van der Waals surface area contributed by atoms with Gasteiger partial charge in [-0.3, -0.25) is 4.98 Å². The van der Waals surface area contributed by atoms with Crippen LogP contribution in [0.3, 0.4) is 0 Å². The number of nitrogens with one attached hydrogen (secondary N) is 1. The fourth-order valence-corrected chi connectivity index (χ4v) is 3.05. The highest BCUT2D eigenvalue weighted by molar-refractivity contribution is 9.10. The summed E-state index contributed by atoms with van der Waals surface area (Å²) in [6.07, 6.45) is 4.59. The molecule has 2 aromatic rings. The minimum absolute atomic E-state index is 0.0987. The molecule has 0 radical (unpaired) electrons. The number of rotatable bonds is 4. The lowest BCUT2D eigenvalue weighted by atomic mass is 9.96. The molecular formula is C18H20BrN3O. The first-order valence-corrected chi connectivity index (χ1v) is 8.52. The highest BCUT2D eigenvalue weighted by atomic mass is 79.9. The highest BCUT2D eigenvalue weighted by Gasteiger charge is 2.18. The van der Waals surface area contributed by atoms with Crippen molar-refractivity contribution in [2.45, 2.75) is 26.3 Å². The Kier molecular flexibility index (Phi) is 4.96. The van der Waals surface area contributed by atoms with Gasteiger partial charge >= 0.3 is 0 Å². The third-order valence-corrected chi connectivity index (χ3v) is 4.81. The first kappa shape index (κ1) is 16.0. The summed E-state index contributed by atoms with van der Waals surface area (Å²) in [4.78, 5) is 8.67. The molecule has 0 aliphatic carbocycles. The molecule has 1 aliphatic heterocycles. The van der Waals surface area contributed by atoms with Crippen LogP contribution in [0.4, 0.5) is 0 Å². The summed E-state index contributed by atoms with van der Waals surface area (Å²) in [6.45, 7) is 5.59. The van der Waals surface area contributed by atoms with Crippen LogP contribution in [0.5, 0.6) is 0 Å². The molecule has 1 aromatic carbocycles. The van der Waals surface area contributed by atoms with E-state index >= 15 is 0 Å². The molecule has 0 fully saturated rings. The number of halogens is 1. The molecule has 1 atom stereocenters. The lowest BCUT2D eigenvalue weighted by Crippen LogP contribution is -2.30. The lowest BCUT2D eigenvalue weighted by molar-refractivity contribution is 0.325. The summed E-state index contributed by atoms with van der Waals surface area (Å²) >= 11 is 3.56. The van der Waals surface area contributed by atoms with Crippen LogP contribution in [-0.4, -0.2) is 24.2 Å². The Bertz CT molecular complexity index is 730. The van der Waals surface area contributed by atoms with Crippen LogP contribution in [-0.2, 0) is 11.2 Å². The molecule has 0 saturated carbocycles. The summed E-state index contributed by atoms with van der Waals surface area (Å²) < 4.78 is 6.58. The van der Waals surface area contributed by atoms with Gasteiger partial charge in [0.05, 0.1) is 12.6 Å². The monoisotopic (exact) mass is 373 g/mol. The van der Waals surface area contributed by atoms with E-state index < -0.39 is 0 Å². The minimum Gasteiger partial charge on any atom is -0.463 e. The maximum atomic E-state index is 5.54. The Morgan fingerprint density at radius 2 is 2.17 bits per heavy atom. The van der Waals surface area contributed by atoms with E-state index in [-0.39, 0.29) is 6.04 Å². The Morgan fingerprint density at radius 3 is 2.91 bits per heavy atom. The molecule has 120 valence electrons. The van der Waals surface area contributed by atoms with Gasteiger partial charge in [-0.2, -0.15) is 0 Å². The predicted molar refractivity (Wildman–Crippen MR) is 95.7 cm³/mol. The molecule has 0 amide bonds. The first-order chi connectivity index (χ1) is 11.1. The van der Waals surface area contributed by atoms with Crippen molar-refractivity contribution in [2.24, 2.45) is 4.99 Å². The van der Waals surface area contributed by atoms with Gasteiger partial charge in [0.1, 0.15) is 6.61 Å². The van der Waals surface area contributed by atoms with Crippen LogP contribution < -0.4 is 5.32 Å². The van der Waals surface area contributed by atoms with Crippen molar-refractivity contribution in [1.82, 2.24) is 10.3 Å². The Hall–Kier alpha value is -1.88. The smallest absolute Gasteiger partial charge is 0.285 e. The fraction of sp³-hybridized carbons (Fsp3) is 0.333. The van der Waals surface area contributed by atoms with Gasteiger partial charge in [-0.25, -0.2) is 4.99 Å². The van der Waals surface area contributed by atoms with Crippen molar-refractivity contribution >= 4 is 22.0 Å². The predicted octanol–water partition coefficient (Wildman–Crippen LogP) is 3.72. The molecule has 23 heavy (non-hydrogen) atoms. The summed E-state index contributed by atoms with van der Waals surface area (Å²) in [6, 6.07) is 9.27. The largest absolute Gasteiger partial charge is 0.463 e. The standard InChI is InChI=1S/C18H20BrN3O/c1-12-4-3-5-14(8-12)17(22-18-21-6-7-23-18)9-15-10-20-11-16(19)13(15)2/h3-5,8,10-11,17H,6-7,9H2,1-2H3,(H,21,22). The van der Waals surface area contributed by atoms with E-state index in [4.69, 9.17) is 4.74 Å². The summed E-state index contributed by atoms with van der Waals surface area (Å²) in [5.41, 5.74) is 4.89. The Balaban J connectivity index is 1.89. The Morgan fingerprint density at radius 1 is 1.30 bits per heavy atom. The molecular weight excluding hydrogens is 354 g/mol. The second-order valence-electron chi connectivity index (χ2n) is 5.76. The molecule has 5 heteroatoms. The lowest BCUT2D eigenvalue weighted by Gasteiger charge is -2.21.